The number of nitrogens with zero attached hydrogens (tertiary/aromatic N) is 1. The van der Waals surface area contributed by atoms with Gasteiger partial charge in [-0.1, -0.05) is 6.92 Å². The van der Waals surface area contributed by atoms with Gasteiger partial charge >= 0.3 is 5.97 Å². The molecule has 0 aromatic heterocycles. The van der Waals surface area contributed by atoms with E-state index in [0.29, 0.717) is 25.4 Å². The van der Waals surface area contributed by atoms with Crippen molar-refractivity contribution in [2.24, 2.45) is 11.8 Å². The third-order valence-electron chi connectivity index (χ3n) is 3.91. The molecule has 3 unspecified atom stereocenters. The monoisotopic (exact) mass is 240 g/mol. The van der Waals surface area contributed by atoms with Crippen LogP contribution in [0.5, 0.6) is 0 Å². The average molecular weight is 240 g/mol. The number of carboxylic acids is 1. The molecule has 96 valence electrons. The van der Waals surface area contributed by atoms with E-state index in [0.717, 1.165) is 19.4 Å². The van der Waals surface area contributed by atoms with Crippen molar-refractivity contribution in [3.8, 4) is 0 Å². The molecule has 0 aliphatic carbocycles. The van der Waals surface area contributed by atoms with Gasteiger partial charge in [0.2, 0.25) is 5.91 Å². The van der Waals surface area contributed by atoms with Crippen LogP contribution in [0.3, 0.4) is 0 Å². The first-order valence-electron chi connectivity index (χ1n) is 6.35. The Hall–Kier alpha value is -1.10. The van der Waals surface area contributed by atoms with Gasteiger partial charge in [0, 0.05) is 13.1 Å². The van der Waals surface area contributed by atoms with Gasteiger partial charge < -0.3 is 15.3 Å². The molecule has 2 aliphatic heterocycles. The first kappa shape index (κ1) is 12.4. The zero-order valence-electron chi connectivity index (χ0n) is 10.2. The Labute approximate surface area is 101 Å². The summed E-state index contributed by atoms with van der Waals surface area (Å²) in [5.74, 6) is -0.583. The van der Waals surface area contributed by atoms with Crippen LogP contribution in [-0.4, -0.2) is 47.6 Å². The Morgan fingerprint density at radius 1 is 1.29 bits per heavy atom. The van der Waals surface area contributed by atoms with Crippen LogP contribution in [0.15, 0.2) is 0 Å². The Bertz CT molecular complexity index is 319. The zero-order chi connectivity index (χ0) is 12.4. The van der Waals surface area contributed by atoms with Crippen LogP contribution in [0.2, 0.25) is 0 Å². The van der Waals surface area contributed by atoms with Crippen molar-refractivity contribution in [3.63, 3.8) is 0 Å². The molecule has 0 aromatic carbocycles. The highest BCUT2D eigenvalue weighted by atomic mass is 16.4. The lowest BCUT2D eigenvalue weighted by Gasteiger charge is -2.35. The topological polar surface area (TPSA) is 69.6 Å². The standard InChI is InChI=1S/C12H20N2O3/c1-8-6-13-7-9(8)11(15)14-5-3-2-4-10(14)12(16)17/h8-10,13H,2-7H2,1H3,(H,16,17). The molecule has 0 saturated carbocycles. The third-order valence-corrected chi connectivity index (χ3v) is 3.91. The molecule has 1 amide bonds. The van der Waals surface area contributed by atoms with Gasteiger partial charge in [0.25, 0.3) is 0 Å². The molecule has 2 aliphatic rings. The van der Waals surface area contributed by atoms with Gasteiger partial charge in [0.05, 0.1) is 5.92 Å². The highest BCUT2D eigenvalue weighted by Gasteiger charge is 2.38. The van der Waals surface area contributed by atoms with Crippen LogP contribution in [-0.2, 0) is 9.59 Å². The van der Waals surface area contributed by atoms with Gasteiger partial charge in [-0.2, -0.15) is 0 Å². The third kappa shape index (κ3) is 2.44. The fraction of sp³-hybridized carbons (Fsp3) is 0.833. The first-order chi connectivity index (χ1) is 8.11. The second-order valence-electron chi connectivity index (χ2n) is 5.12. The average Bonchev–Trinajstić information content (AvgIpc) is 2.74. The number of hydrogen-bond acceptors (Lipinski definition) is 3. The second-order valence-corrected chi connectivity index (χ2v) is 5.12. The highest BCUT2D eigenvalue weighted by Crippen LogP contribution is 2.24. The van der Waals surface area contributed by atoms with E-state index >= 15 is 0 Å². The number of aliphatic carboxylic acids is 1. The number of carboxylic acid groups (broad SMARTS) is 1. The van der Waals surface area contributed by atoms with Gasteiger partial charge in [0.15, 0.2) is 0 Å². The highest BCUT2D eigenvalue weighted by molar-refractivity contribution is 5.85. The molecule has 0 radical (unpaired) electrons. The Balaban J connectivity index is 2.08. The lowest BCUT2D eigenvalue weighted by Crippen LogP contribution is -2.51. The van der Waals surface area contributed by atoms with E-state index in [9.17, 15) is 9.59 Å². The van der Waals surface area contributed by atoms with E-state index in [1.807, 2.05) is 6.92 Å². The van der Waals surface area contributed by atoms with Crippen molar-refractivity contribution in [3.05, 3.63) is 0 Å². The maximum absolute atomic E-state index is 12.3. The maximum Gasteiger partial charge on any atom is 0.326 e. The van der Waals surface area contributed by atoms with Crippen molar-refractivity contribution < 1.29 is 14.7 Å². The minimum Gasteiger partial charge on any atom is -0.480 e. The Kier molecular flexibility index (Phi) is 3.66. The van der Waals surface area contributed by atoms with E-state index < -0.39 is 12.0 Å². The van der Waals surface area contributed by atoms with Crippen LogP contribution < -0.4 is 5.32 Å². The number of amides is 1. The molecule has 0 aromatic rings. The van der Waals surface area contributed by atoms with Crippen LogP contribution in [0.25, 0.3) is 0 Å². The predicted octanol–water partition coefficient (Wildman–Crippen LogP) is 0.308. The van der Waals surface area contributed by atoms with E-state index in [-0.39, 0.29) is 11.8 Å². The van der Waals surface area contributed by atoms with Crippen molar-refractivity contribution >= 4 is 11.9 Å². The summed E-state index contributed by atoms with van der Waals surface area (Å²) in [6, 6.07) is -0.607. The summed E-state index contributed by atoms with van der Waals surface area (Å²) in [7, 11) is 0. The summed E-state index contributed by atoms with van der Waals surface area (Å²) in [4.78, 5) is 25.1. The van der Waals surface area contributed by atoms with Crippen molar-refractivity contribution in [1.29, 1.82) is 0 Å². The normalized spacial score (nSPS) is 33.7. The molecule has 2 heterocycles. The lowest BCUT2D eigenvalue weighted by atomic mass is 9.93. The maximum atomic E-state index is 12.3. The van der Waals surface area contributed by atoms with Gasteiger partial charge in [-0.05, 0) is 31.7 Å². The summed E-state index contributed by atoms with van der Waals surface area (Å²) >= 11 is 0. The van der Waals surface area contributed by atoms with Crippen molar-refractivity contribution in [2.75, 3.05) is 19.6 Å². The predicted molar refractivity (Wildman–Crippen MR) is 62.5 cm³/mol. The van der Waals surface area contributed by atoms with E-state index in [2.05, 4.69) is 5.32 Å². The SMILES string of the molecule is CC1CNCC1C(=O)N1CCCCC1C(=O)O. The molecule has 2 rings (SSSR count). The molecular weight excluding hydrogens is 220 g/mol. The molecule has 5 heteroatoms. The van der Waals surface area contributed by atoms with Gasteiger partial charge in [-0.25, -0.2) is 4.79 Å². The zero-order valence-corrected chi connectivity index (χ0v) is 10.2. The minimum atomic E-state index is -0.864. The second kappa shape index (κ2) is 5.04. The first-order valence-corrected chi connectivity index (χ1v) is 6.35. The summed E-state index contributed by atoms with van der Waals surface area (Å²) in [6.45, 7) is 4.17. The van der Waals surface area contributed by atoms with Gasteiger partial charge in [-0.3, -0.25) is 4.79 Å². The van der Waals surface area contributed by atoms with Crippen molar-refractivity contribution in [2.45, 2.75) is 32.2 Å². The van der Waals surface area contributed by atoms with E-state index in [1.54, 1.807) is 4.90 Å². The number of carbonyl (C=O) groups excluding carboxylic acids is 1. The molecular formula is C12H20N2O3. The molecule has 2 fully saturated rings. The largest absolute Gasteiger partial charge is 0.480 e. The molecule has 0 spiro atoms. The lowest BCUT2D eigenvalue weighted by molar-refractivity contribution is -0.154. The fourth-order valence-corrected chi connectivity index (χ4v) is 2.81. The number of hydrogen-bond donors (Lipinski definition) is 2. The molecule has 0 bridgehead atoms. The molecule has 2 saturated heterocycles. The molecule has 17 heavy (non-hydrogen) atoms. The van der Waals surface area contributed by atoms with E-state index in [4.69, 9.17) is 5.11 Å². The van der Waals surface area contributed by atoms with Crippen molar-refractivity contribution in [1.82, 2.24) is 10.2 Å². The fourth-order valence-electron chi connectivity index (χ4n) is 2.81. The van der Waals surface area contributed by atoms with Crippen LogP contribution >= 0.6 is 0 Å². The minimum absolute atomic E-state index is 0.0228. The van der Waals surface area contributed by atoms with Crippen LogP contribution in [0, 0.1) is 11.8 Å². The molecule has 2 N–H and O–H groups in total. The quantitative estimate of drug-likeness (QED) is 0.728. The number of nitrogens with one attached hydrogen (secondary N) is 1. The molecule has 5 nitrogen and oxygen atoms in total. The van der Waals surface area contributed by atoms with Crippen LogP contribution in [0.4, 0.5) is 0 Å². The Morgan fingerprint density at radius 3 is 2.65 bits per heavy atom. The summed E-state index contributed by atoms with van der Waals surface area (Å²) in [5.41, 5.74) is 0. The summed E-state index contributed by atoms with van der Waals surface area (Å²) in [6.07, 6.45) is 2.42. The number of likely N-dealkylation sites (tertiary alicyclic amines) is 1. The van der Waals surface area contributed by atoms with Gasteiger partial charge in [0.1, 0.15) is 6.04 Å². The van der Waals surface area contributed by atoms with E-state index in [1.165, 1.54) is 0 Å². The molecule has 3 atom stereocenters. The Morgan fingerprint density at radius 2 is 2.06 bits per heavy atom. The number of piperidine rings is 1. The van der Waals surface area contributed by atoms with Crippen LogP contribution in [0.1, 0.15) is 26.2 Å². The summed E-state index contributed by atoms with van der Waals surface area (Å²) in [5, 5.41) is 12.3. The summed E-state index contributed by atoms with van der Waals surface area (Å²) < 4.78 is 0. The smallest absolute Gasteiger partial charge is 0.326 e. The number of rotatable bonds is 2. The van der Waals surface area contributed by atoms with Gasteiger partial charge in [-0.15, -0.1) is 0 Å². The number of carbonyl (C=O) groups is 2.